The highest BCUT2D eigenvalue weighted by Gasteiger charge is 2.32. The zero-order chi connectivity index (χ0) is 18.9. The lowest BCUT2D eigenvalue weighted by Gasteiger charge is -2.27. The third-order valence-corrected chi connectivity index (χ3v) is 6.40. The molecule has 0 spiro atoms. The van der Waals surface area contributed by atoms with Crippen molar-refractivity contribution in [2.45, 2.75) is 37.8 Å². The first-order valence-corrected chi connectivity index (χ1v) is 10.9. The molecule has 1 atom stereocenters. The highest BCUT2D eigenvalue weighted by molar-refractivity contribution is 7.89. The van der Waals surface area contributed by atoms with E-state index in [-0.39, 0.29) is 16.8 Å². The molecule has 0 saturated heterocycles. The molecular formula is C18H23N3O3S2. The predicted molar refractivity (Wildman–Crippen MR) is 104 cm³/mol. The highest BCUT2D eigenvalue weighted by Crippen LogP contribution is 2.33. The Morgan fingerprint density at radius 2 is 2.15 bits per heavy atom. The minimum absolute atomic E-state index is 0.00586. The van der Waals surface area contributed by atoms with Crippen molar-refractivity contribution in [3.63, 3.8) is 0 Å². The summed E-state index contributed by atoms with van der Waals surface area (Å²) in [6, 6.07) is 8.81. The minimum Gasteiger partial charge on any atom is -0.308 e. The smallest absolute Gasteiger partial charge is 0.241 e. The Labute approximate surface area is 158 Å². The fourth-order valence-corrected chi connectivity index (χ4v) is 4.64. The Morgan fingerprint density at radius 3 is 2.77 bits per heavy atom. The summed E-state index contributed by atoms with van der Waals surface area (Å²) >= 11 is 1.68. The molecule has 2 N–H and O–H groups in total. The highest BCUT2D eigenvalue weighted by atomic mass is 32.2. The molecular weight excluding hydrogens is 370 g/mol. The molecule has 1 amide bonds. The third-order valence-electron chi connectivity index (χ3n) is 4.63. The standard InChI is InChI=1S/C18H23N3O3S2/c1-3-20(11-15-5-4-8-25-15)12-18(22)21-13(2)9-14-10-16(26(19,23)24)6-7-17(14)21/h4-8,10,13H,3,9,11-12H2,1-2H3,(H2,19,23,24). The Hall–Kier alpha value is -1.74. The number of rotatable bonds is 6. The lowest BCUT2D eigenvalue weighted by atomic mass is 10.1. The summed E-state index contributed by atoms with van der Waals surface area (Å²) in [5.41, 5.74) is 1.63. The number of hydrogen-bond acceptors (Lipinski definition) is 5. The number of primary sulfonamides is 1. The van der Waals surface area contributed by atoms with Gasteiger partial charge in [0.05, 0.1) is 11.4 Å². The van der Waals surface area contributed by atoms with Crippen LogP contribution in [0.3, 0.4) is 0 Å². The Kier molecular flexibility index (Phi) is 5.47. The first-order valence-electron chi connectivity index (χ1n) is 8.52. The molecule has 6 nitrogen and oxygen atoms in total. The lowest BCUT2D eigenvalue weighted by Crippen LogP contribution is -2.42. The molecule has 2 heterocycles. The van der Waals surface area contributed by atoms with E-state index >= 15 is 0 Å². The third kappa shape index (κ3) is 3.98. The number of sulfonamides is 1. The maximum Gasteiger partial charge on any atom is 0.241 e. The van der Waals surface area contributed by atoms with Crippen LogP contribution in [-0.2, 0) is 27.8 Å². The number of thiophene rings is 1. The molecule has 1 aliphatic heterocycles. The number of benzene rings is 1. The fraction of sp³-hybridized carbons (Fsp3) is 0.389. The van der Waals surface area contributed by atoms with Crippen LogP contribution >= 0.6 is 11.3 Å². The predicted octanol–water partition coefficient (Wildman–Crippen LogP) is 2.20. The number of hydrogen-bond donors (Lipinski definition) is 1. The van der Waals surface area contributed by atoms with Crippen molar-refractivity contribution in [1.82, 2.24) is 4.90 Å². The molecule has 2 aromatic rings. The summed E-state index contributed by atoms with van der Waals surface area (Å²) in [6.07, 6.45) is 0.626. The summed E-state index contributed by atoms with van der Waals surface area (Å²) in [4.78, 5) is 18.1. The van der Waals surface area contributed by atoms with Gasteiger partial charge < -0.3 is 4.90 Å². The van der Waals surface area contributed by atoms with Gasteiger partial charge in [-0.1, -0.05) is 13.0 Å². The van der Waals surface area contributed by atoms with Gasteiger partial charge in [0.25, 0.3) is 0 Å². The van der Waals surface area contributed by atoms with Gasteiger partial charge in [-0.2, -0.15) is 0 Å². The van der Waals surface area contributed by atoms with E-state index in [9.17, 15) is 13.2 Å². The molecule has 0 radical (unpaired) electrons. The van der Waals surface area contributed by atoms with Crippen LogP contribution in [0.4, 0.5) is 5.69 Å². The van der Waals surface area contributed by atoms with Crippen molar-refractivity contribution in [1.29, 1.82) is 0 Å². The van der Waals surface area contributed by atoms with Crippen molar-refractivity contribution in [2.75, 3.05) is 18.0 Å². The largest absolute Gasteiger partial charge is 0.308 e. The second-order valence-electron chi connectivity index (χ2n) is 6.54. The van der Waals surface area contributed by atoms with E-state index in [2.05, 4.69) is 11.0 Å². The van der Waals surface area contributed by atoms with Gasteiger partial charge in [-0.25, -0.2) is 13.6 Å². The zero-order valence-corrected chi connectivity index (χ0v) is 16.5. The maximum absolute atomic E-state index is 12.9. The molecule has 1 unspecified atom stereocenters. The SMILES string of the molecule is CCN(CC(=O)N1c2ccc(S(N)(=O)=O)cc2CC1C)Cc1cccs1. The number of amides is 1. The quantitative estimate of drug-likeness (QED) is 0.815. The van der Waals surface area contributed by atoms with Gasteiger partial charge in [-0.15, -0.1) is 11.3 Å². The van der Waals surface area contributed by atoms with E-state index in [4.69, 9.17) is 5.14 Å². The lowest BCUT2D eigenvalue weighted by molar-refractivity contribution is -0.120. The number of nitrogens with zero attached hydrogens (tertiary/aromatic N) is 2. The molecule has 140 valence electrons. The molecule has 1 aliphatic rings. The van der Waals surface area contributed by atoms with Crippen LogP contribution in [0.5, 0.6) is 0 Å². The number of nitrogens with two attached hydrogens (primary N) is 1. The normalized spacial score (nSPS) is 16.9. The van der Waals surface area contributed by atoms with Crippen molar-refractivity contribution < 1.29 is 13.2 Å². The second kappa shape index (κ2) is 7.48. The topological polar surface area (TPSA) is 83.7 Å². The summed E-state index contributed by atoms with van der Waals surface area (Å²) in [7, 11) is -3.74. The molecule has 0 bridgehead atoms. The molecule has 26 heavy (non-hydrogen) atoms. The van der Waals surface area contributed by atoms with Crippen LogP contribution in [0.25, 0.3) is 0 Å². The molecule has 1 aromatic carbocycles. The van der Waals surface area contributed by atoms with E-state index in [1.807, 2.05) is 25.3 Å². The summed E-state index contributed by atoms with van der Waals surface area (Å²) in [6.45, 7) is 5.88. The van der Waals surface area contributed by atoms with Crippen molar-refractivity contribution in [3.8, 4) is 0 Å². The molecule has 0 saturated carbocycles. The van der Waals surface area contributed by atoms with Gasteiger partial charge in [0.1, 0.15) is 0 Å². The van der Waals surface area contributed by atoms with E-state index in [1.54, 1.807) is 28.4 Å². The van der Waals surface area contributed by atoms with Crippen LogP contribution in [0.15, 0.2) is 40.6 Å². The van der Waals surface area contributed by atoms with Crippen molar-refractivity contribution in [3.05, 3.63) is 46.2 Å². The van der Waals surface area contributed by atoms with E-state index in [0.29, 0.717) is 13.0 Å². The van der Waals surface area contributed by atoms with Crippen LogP contribution < -0.4 is 10.0 Å². The number of carbonyl (C=O) groups excluding carboxylic acids is 1. The average molecular weight is 394 g/mol. The van der Waals surface area contributed by atoms with E-state index < -0.39 is 10.0 Å². The summed E-state index contributed by atoms with van der Waals surface area (Å²) in [5, 5.41) is 7.25. The van der Waals surface area contributed by atoms with Crippen LogP contribution in [0, 0.1) is 0 Å². The van der Waals surface area contributed by atoms with E-state index in [1.165, 1.54) is 10.9 Å². The van der Waals surface area contributed by atoms with Gasteiger partial charge in [0.15, 0.2) is 0 Å². The van der Waals surface area contributed by atoms with Gasteiger partial charge in [0.2, 0.25) is 15.9 Å². The zero-order valence-electron chi connectivity index (χ0n) is 14.9. The molecule has 1 aromatic heterocycles. The van der Waals surface area contributed by atoms with Crippen LogP contribution in [0.2, 0.25) is 0 Å². The number of anilines is 1. The Balaban J connectivity index is 1.78. The molecule has 3 rings (SSSR count). The Bertz CT molecular complexity index is 894. The number of carbonyl (C=O) groups is 1. The fourth-order valence-electron chi connectivity index (χ4n) is 3.33. The van der Waals surface area contributed by atoms with Gasteiger partial charge in [-0.3, -0.25) is 9.69 Å². The van der Waals surface area contributed by atoms with Crippen LogP contribution in [-0.4, -0.2) is 38.4 Å². The molecule has 8 heteroatoms. The van der Waals surface area contributed by atoms with Gasteiger partial charge in [0, 0.05) is 23.2 Å². The van der Waals surface area contributed by atoms with E-state index in [0.717, 1.165) is 24.3 Å². The monoisotopic (exact) mass is 393 g/mol. The average Bonchev–Trinajstić information content (AvgIpc) is 3.18. The number of fused-ring (bicyclic) bond motifs is 1. The number of likely N-dealkylation sites (N-methyl/N-ethyl adjacent to an activating group) is 1. The summed E-state index contributed by atoms with van der Waals surface area (Å²) < 4.78 is 23.1. The first-order chi connectivity index (χ1) is 12.3. The maximum atomic E-state index is 12.9. The minimum atomic E-state index is -3.74. The van der Waals surface area contributed by atoms with Crippen molar-refractivity contribution >= 4 is 33.0 Å². The van der Waals surface area contributed by atoms with Crippen molar-refractivity contribution in [2.24, 2.45) is 5.14 Å². The molecule has 0 aliphatic carbocycles. The summed E-state index contributed by atoms with van der Waals surface area (Å²) in [5.74, 6) is 0.0259. The second-order valence-corrected chi connectivity index (χ2v) is 9.13. The Morgan fingerprint density at radius 1 is 1.38 bits per heavy atom. The molecule has 0 fully saturated rings. The first kappa shape index (κ1) is 19.0. The van der Waals surface area contributed by atoms with Gasteiger partial charge in [-0.05, 0) is 55.1 Å². The van der Waals surface area contributed by atoms with Gasteiger partial charge >= 0.3 is 0 Å². The van der Waals surface area contributed by atoms with Crippen LogP contribution in [0.1, 0.15) is 24.3 Å².